The van der Waals surface area contributed by atoms with Gasteiger partial charge in [0.2, 0.25) is 0 Å². The summed E-state index contributed by atoms with van der Waals surface area (Å²) in [6, 6.07) is 6.98. The van der Waals surface area contributed by atoms with Crippen molar-refractivity contribution >= 4 is 0 Å². The van der Waals surface area contributed by atoms with Gasteiger partial charge in [-0.25, -0.2) is 4.39 Å². The lowest BCUT2D eigenvalue weighted by Gasteiger charge is -2.40. The number of hydrogen-bond donors (Lipinski definition) is 1. The summed E-state index contributed by atoms with van der Waals surface area (Å²) in [7, 11) is 3.10. The fraction of sp³-hybridized carbons (Fsp3) is 0.391. The van der Waals surface area contributed by atoms with Crippen LogP contribution in [0.2, 0.25) is 0 Å². The molecule has 3 aliphatic heterocycles. The quantitative estimate of drug-likeness (QED) is 0.774. The Morgan fingerprint density at radius 1 is 1.13 bits per heavy atom. The van der Waals surface area contributed by atoms with E-state index in [2.05, 4.69) is 6.58 Å². The van der Waals surface area contributed by atoms with Crippen molar-refractivity contribution in [2.45, 2.75) is 30.7 Å². The molecular weight excluding hydrogens is 390 g/mol. The first kappa shape index (κ1) is 19.1. The number of fused-ring (bicyclic) bond motifs is 6. The summed E-state index contributed by atoms with van der Waals surface area (Å²) < 4.78 is 44.7. The van der Waals surface area contributed by atoms with Gasteiger partial charge in [0.05, 0.1) is 26.7 Å². The minimum atomic E-state index is -1.27. The number of halogens is 1. The normalized spacial score (nSPS) is 25.5. The monoisotopic (exact) mass is 413 g/mol. The van der Waals surface area contributed by atoms with Gasteiger partial charge >= 0.3 is 0 Å². The predicted molar refractivity (Wildman–Crippen MR) is 107 cm³/mol. The van der Waals surface area contributed by atoms with Crippen LogP contribution in [-0.4, -0.2) is 44.7 Å². The van der Waals surface area contributed by atoms with Crippen LogP contribution in [0.15, 0.2) is 36.4 Å². The Bertz CT molecular complexity index is 1020. The number of rotatable bonds is 4. The summed E-state index contributed by atoms with van der Waals surface area (Å²) in [5.74, 6) is 2.26. The zero-order valence-electron chi connectivity index (χ0n) is 16.8. The van der Waals surface area contributed by atoms with Gasteiger partial charge in [-0.05, 0) is 23.8 Å². The molecule has 2 unspecified atom stereocenters. The van der Waals surface area contributed by atoms with Crippen molar-refractivity contribution in [3.8, 4) is 28.7 Å². The highest BCUT2D eigenvalue weighted by Gasteiger charge is 2.46. The van der Waals surface area contributed by atoms with Gasteiger partial charge in [-0.15, -0.1) is 0 Å². The smallest absolute Gasteiger partial charge is 0.164 e. The number of aliphatic hydroxyl groups is 1. The first-order valence-electron chi connectivity index (χ1n) is 9.86. The Morgan fingerprint density at radius 2 is 1.90 bits per heavy atom. The van der Waals surface area contributed by atoms with Gasteiger partial charge in [0.1, 0.15) is 42.2 Å². The first-order chi connectivity index (χ1) is 14.5. The van der Waals surface area contributed by atoms with Gasteiger partial charge < -0.3 is 28.8 Å². The number of aliphatic hydroxyl groups excluding tert-OH is 1. The summed E-state index contributed by atoms with van der Waals surface area (Å²) in [4.78, 5) is 0. The molecule has 0 saturated carbocycles. The fourth-order valence-electron chi connectivity index (χ4n) is 4.53. The average Bonchev–Trinajstić information content (AvgIpc) is 3.22. The van der Waals surface area contributed by atoms with Crippen molar-refractivity contribution in [1.82, 2.24) is 0 Å². The number of ether oxygens (including phenoxy) is 5. The second-order valence-corrected chi connectivity index (χ2v) is 7.73. The number of hydrogen-bond acceptors (Lipinski definition) is 6. The third kappa shape index (κ3) is 2.72. The van der Waals surface area contributed by atoms with Crippen molar-refractivity contribution < 1.29 is 33.2 Å². The average molecular weight is 413 g/mol. The molecule has 0 spiro atoms. The summed E-state index contributed by atoms with van der Waals surface area (Å²) in [6.45, 7) is 3.92. The lowest BCUT2D eigenvalue weighted by molar-refractivity contribution is 0.0329. The maximum Gasteiger partial charge on any atom is 0.164 e. The van der Waals surface area contributed by atoms with Crippen LogP contribution in [0.3, 0.4) is 0 Å². The summed E-state index contributed by atoms with van der Waals surface area (Å²) in [5, 5.41) is 9.38. The second-order valence-electron chi connectivity index (χ2n) is 7.73. The maximum absolute atomic E-state index is 15.9. The topological polar surface area (TPSA) is 66.4 Å². The van der Waals surface area contributed by atoms with E-state index in [1.807, 2.05) is 0 Å². The standard InChI is InChI=1S/C23H23FO6/c1-11(9-25)16-7-14-15(29-16)5-4-12-22(24)21-13-6-18(26-2)19(27-3)8-17(13)28-10-20(21)30-23(12)14/h4-6,8,16,20-22,25H,1,7,9-10H2,2-3H3/t16-,20?,21?,22+/m1/s1/i24-1. The molecule has 2 aromatic carbocycles. The van der Waals surface area contributed by atoms with Gasteiger partial charge in [-0.3, -0.25) is 0 Å². The Kier molecular flexibility index (Phi) is 4.50. The lowest BCUT2D eigenvalue weighted by Crippen LogP contribution is -2.41. The molecule has 2 aromatic rings. The predicted octanol–water partition coefficient (Wildman–Crippen LogP) is 3.50. The zero-order chi connectivity index (χ0) is 21.0. The van der Waals surface area contributed by atoms with Gasteiger partial charge in [-0.1, -0.05) is 6.58 Å². The molecule has 0 fully saturated rings. The first-order valence-corrected chi connectivity index (χ1v) is 9.86. The molecular formula is C23H23FO6. The van der Waals surface area contributed by atoms with Crippen molar-refractivity contribution in [2.24, 2.45) is 0 Å². The van der Waals surface area contributed by atoms with Crippen LogP contribution in [0.25, 0.3) is 0 Å². The summed E-state index contributed by atoms with van der Waals surface area (Å²) >= 11 is 0. The van der Waals surface area contributed by atoms with Crippen molar-refractivity contribution in [1.29, 1.82) is 0 Å². The van der Waals surface area contributed by atoms with Gasteiger partial charge in [0.15, 0.2) is 11.5 Å². The molecule has 3 aliphatic rings. The van der Waals surface area contributed by atoms with Gasteiger partial charge in [0.25, 0.3) is 0 Å². The molecule has 4 atom stereocenters. The van der Waals surface area contributed by atoms with E-state index in [9.17, 15) is 5.11 Å². The van der Waals surface area contributed by atoms with E-state index in [0.29, 0.717) is 51.9 Å². The van der Waals surface area contributed by atoms with Crippen LogP contribution < -0.4 is 23.7 Å². The molecule has 0 aromatic heterocycles. The Morgan fingerprint density at radius 3 is 2.63 bits per heavy atom. The van der Waals surface area contributed by atoms with Crippen molar-refractivity contribution in [2.75, 3.05) is 27.4 Å². The second kappa shape index (κ2) is 7.09. The number of alkyl halides is 1. The van der Waals surface area contributed by atoms with E-state index in [-0.39, 0.29) is 19.3 Å². The molecule has 5 rings (SSSR count). The van der Waals surface area contributed by atoms with Gasteiger partial charge in [-0.2, -0.15) is 0 Å². The number of benzene rings is 2. The molecule has 7 heteroatoms. The number of methoxy groups -OCH3 is 2. The largest absolute Gasteiger partial charge is 0.493 e. The highest BCUT2D eigenvalue weighted by atomic mass is 18.2. The molecule has 1 N–H and O–H groups in total. The van der Waals surface area contributed by atoms with E-state index in [1.54, 1.807) is 38.5 Å². The van der Waals surface area contributed by atoms with E-state index in [1.165, 1.54) is 0 Å². The molecule has 0 radical (unpaired) electrons. The summed E-state index contributed by atoms with van der Waals surface area (Å²) in [6.07, 6.45) is -1.60. The van der Waals surface area contributed by atoms with Crippen LogP contribution in [0.5, 0.6) is 28.7 Å². The molecule has 6 nitrogen and oxygen atoms in total. The SMILES string of the molecule is C=C(CO)[C@H]1Cc2c(ccc3c2OC2COc4cc(OC)c(OC)cc4C2[C@H]3[18F])O1. The molecule has 0 bridgehead atoms. The fourth-order valence-corrected chi connectivity index (χ4v) is 4.53. The Labute approximate surface area is 173 Å². The molecule has 0 amide bonds. The van der Waals surface area contributed by atoms with Crippen LogP contribution in [0, 0.1) is 0 Å². The minimum Gasteiger partial charge on any atom is -0.493 e. The Balaban J connectivity index is 1.55. The van der Waals surface area contributed by atoms with Crippen molar-refractivity contribution in [3.05, 3.63) is 53.1 Å². The minimum absolute atomic E-state index is 0.159. The molecule has 158 valence electrons. The third-order valence-electron chi connectivity index (χ3n) is 6.13. The van der Waals surface area contributed by atoms with Crippen LogP contribution in [-0.2, 0) is 6.42 Å². The molecule has 0 saturated heterocycles. The maximum atomic E-state index is 15.9. The Hall–Kier alpha value is -2.93. The third-order valence-corrected chi connectivity index (χ3v) is 6.13. The van der Waals surface area contributed by atoms with Crippen LogP contribution in [0.1, 0.15) is 28.8 Å². The highest BCUT2D eigenvalue weighted by molar-refractivity contribution is 5.59. The van der Waals surface area contributed by atoms with Crippen LogP contribution >= 0.6 is 0 Å². The van der Waals surface area contributed by atoms with E-state index in [0.717, 1.165) is 5.56 Å². The molecule has 30 heavy (non-hydrogen) atoms. The van der Waals surface area contributed by atoms with E-state index < -0.39 is 18.2 Å². The summed E-state index contributed by atoms with van der Waals surface area (Å²) in [5.41, 5.74) is 2.59. The van der Waals surface area contributed by atoms with Crippen LogP contribution in [0.4, 0.5) is 4.39 Å². The zero-order valence-corrected chi connectivity index (χ0v) is 16.8. The van der Waals surface area contributed by atoms with E-state index in [4.69, 9.17) is 23.7 Å². The van der Waals surface area contributed by atoms with Crippen molar-refractivity contribution in [3.63, 3.8) is 0 Å². The molecule has 3 heterocycles. The van der Waals surface area contributed by atoms with Gasteiger partial charge in [0, 0.05) is 29.2 Å². The highest BCUT2D eigenvalue weighted by Crippen LogP contribution is 2.55. The van der Waals surface area contributed by atoms with E-state index >= 15 is 4.39 Å². The lowest BCUT2D eigenvalue weighted by atomic mass is 9.80. The molecule has 0 aliphatic carbocycles.